The Balaban J connectivity index is 0.00000306. The van der Waals surface area contributed by atoms with Crippen molar-refractivity contribution in [3.05, 3.63) is 71.2 Å². The predicted octanol–water partition coefficient (Wildman–Crippen LogP) is 4.00. The molecule has 0 spiro atoms. The van der Waals surface area contributed by atoms with Gasteiger partial charge < -0.3 is 20.5 Å². The average Bonchev–Trinajstić information content (AvgIpc) is 3.22. The highest BCUT2D eigenvalue weighted by atomic mass is 127. The highest BCUT2D eigenvalue weighted by Crippen LogP contribution is 2.20. The lowest BCUT2D eigenvalue weighted by atomic mass is 9.99. The van der Waals surface area contributed by atoms with Crippen molar-refractivity contribution in [1.29, 1.82) is 0 Å². The van der Waals surface area contributed by atoms with Gasteiger partial charge in [-0.1, -0.05) is 24.3 Å². The minimum Gasteiger partial charge on any atom is -0.361 e. The maximum absolute atomic E-state index is 13.5. The van der Waals surface area contributed by atoms with Gasteiger partial charge in [0.1, 0.15) is 5.82 Å². The lowest BCUT2D eigenvalue weighted by Gasteiger charge is -2.29. The van der Waals surface area contributed by atoms with Gasteiger partial charge in [0, 0.05) is 56.7 Å². The third kappa shape index (κ3) is 6.46. The SMILES string of the molecule is CN=C(NCCCC(=O)N1CCc2ccccc2C1)NCCc1c[nH]c2ccc(F)cc12.I. The van der Waals surface area contributed by atoms with E-state index >= 15 is 0 Å². The number of aromatic nitrogens is 1. The van der Waals surface area contributed by atoms with Crippen molar-refractivity contribution < 1.29 is 9.18 Å². The van der Waals surface area contributed by atoms with Crippen LogP contribution in [0.15, 0.2) is 53.7 Å². The smallest absolute Gasteiger partial charge is 0.222 e. The fourth-order valence-corrected chi connectivity index (χ4v) is 4.21. The van der Waals surface area contributed by atoms with Crippen LogP contribution in [0.2, 0.25) is 0 Å². The van der Waals surface area contributed by atoms with Crippen LogP contribution in [0, 0.1) is 5.82 Å². The molecule has 4 rings (SSSR count). The van der Waals surface area contributed by atoms with E-state index < -0.39 is 0 Å². The van der Waals surface area contributed by atoms with Gasteiger partial charge in [-0.3, -0.25) is 9.79 Å². The lowest BCUT2D eigenvalue weighted by Crippen LogP contribution is -2.39. The van der Waals surface area contributed by atoms with Gasteiger partial charge in [0.2, 0.25) is 5.91 Å². The molecule has 33 heavy (non-hydrogen) atoms. The molecule has 0 saturated heterocycles. The molecule has 0 bridgehead atoms. The number of H-pyrrole nitrogens is 1. The van der Waals surface area contributed by atoms with Gasteiger partial charge >= 0.3 is 0 Å². The zero-order chi connectivity index (χ0) is 22.3. The van der Waals surface area contributed by atoms with Crippen LogP contribution in [-0.4, -0.2) is 48.4 Å². The van der Waals surface area contributed by atoms with E-state index in [2.05, 4.69) is 38.8 Å². The summed E-state index contributed by atoms with van der Waals surface area (Å²) < 4.78 is 13.5. The topological polar surface area (TPSA) is 72.5 Å². The van der Waals surface area contributed by atoms with Gasteiger partial charge in [-0.15, -0.1) is 24.0 Å². The van der Waals surface area contributed by atoms with Crippen LogP contribution in [0.3, 0.4) is 0 Å². The molecule has 0 fully saturated rings. The number of carbonyl (C=O) groups is 1. The quantitative estimate of drug-likeness (QED) is 0.176. The number of nitrogens with one attached hydrogen (secondary N) is 3. The highest BCUT2D eigenvalue weighted by Gasteiger charge is 2.19. The van der Waals surface area contributed by atoms with Crippen LogP contribution in [0.4, 0.5) is 4.39 Å². The number of amides is 1. The first-order valence-corrected chi connectivity index (χ1v) is 11.2. The molecule has 3 N–H and O–H groups in total. The van der Waals surface area contributed by atoms with E-state index in [1.807, 2.05) is 17.2 Å². The second kappa shape index (κ2) is 12.0. The molecule has 1 aliphatic rings. The van der Waals surface area contributed by atoms with Crippen molar-refractivity contribution in [3.63, 3.8) is 0 Å². The highest BCUT2D eigenvalue weighted by molar-refractivity contribution is 14.0. The zero-order valence-corrected chi connectivity index (χ0v) is 21.2. The van der Waals surface area contributed by atoms with E-state index in [1.165, 1.54) is 17.2 Å². The summed E-state index contributed by atoms with van der Waals surface area (Å²) in [5, 5.41) is 7.47. The van der Waals surface area contributed by atoms with E-state index in [-0.39, 0.29) is 35.7 Å². The number of benzene rings is 2. The van der Waals surface area contributed by atoms with E-state index in [9.17, 15) is 9.18 Å². The summed E-state index contributed by atoms with van der Waals surface area (Å²) in [7, 11) is 1.73. The first-order chi connectivity index (χ1) is 15.6. The molecule has 8 heteroatoms. The summed E-state index contributed by atoms with van der Waals surface area (Å²) in [5.41, 5.74) is 4.61. The molecule has 1 aliphatic heterocycles. The number of aliphatic imine (C=N–C) groups is 1. The number of carbonyl (C=O) groups excluding carboxylic acids is 1. The Kier molecular flexibility index (Phi) is 9.11. The van der Waals surface area contributed by atoms with Crippen molar-refractivity contribution >= 4 is 46.7 Å². The first-order valence-electron chi connectivity index (χ1n) is 11.2. The Morgan fingerprint density at radius 1 is 1.15 bits per heavy atom. The molecule has 0 aliphatic carbocycles. The molecule has 0 radical (unpaired) electrons. The molecule has 3 aromatic rings. The summed E-state index contributed by atoms with van der Waals surface area (Å²) in [6.45, 7) is 2.86. The number of aromatic amines is 1. The number of nitrogens with zero attached hydrogens (tertiary/aromatic N) is 2. The second-order valence-corrected chi connectivity index (χ2v) is 8.12. The number of rotatable bonds is 7. The molecule has 2 aromatic carbocycles. The van der Waals surface area contributed by atoms with Crippen LogP contribution in [0.25, 0.3) is 10.9 Å². The fraction of sp³-hybridized carbons (Fsp3) is 0.360. The Hall–Kier alpha value is -2.62. The Bertz CT molecular complexity index is 1110. The summed E-state index contributed by atoms with van der Waals surface area (Å²) >= 11 is 0. The monoisotopic (exact) mass is 563 g/mol. The molecule has 0 atom stereocenters. The van der Waals surface area contributed by atoms with Crippen molar-refractivity contribution in [1.82, 2.24) is 20.5 Å². The fourth-order valence-electron chi connectivity index (χ4n) is 4.21. The number of halogens is 2. The summed E-state index contributed by atoms with van der Waals surface area (Å²) in [6, 6.07) is 13.1. The zero-order valence-electron chi connectivity index (χ0n) is 18.9. The second-order valence-electron chi connectivity index (χ2n) is 8.12. The number of guanidine groups is 1. The molecule has 2 heterocycles. The Morgan fingerprint density at radius 3 is 2.76 bits per heavy atom. The standard InChI is InChI=1S/C25H30FN5O.HI/c1-27-25(29-13-10-19-16-30-23-9-8-21(26)15-22(19)23)28-12-4-7-24(32)31-14-11-18-5-2-3-6-20(18)17-31;/h2-3,5-6,8-9,15-16,30H,4,7,10-14,17H2,1H3,(H2,27,28,29);1H. The van der Waals surface area contributed by atoms with E-state index in [1.54, 1.807) is 19.2 Å². The van der Waals surface area contributed by atoms with Crippen LogP contribution < -0.4 is 10.6 Å². The summed E-state index contributed by atoms with van der Waals surface area (Å²) in [5.74, 6) is 0.679. The number of hydrogen-bond donors (Lipinski definition) is 3. The van der Waals surface area contributed by atoms with Gasteiger partial charge in [0.25, 0.3) is 0 Å². The lowest BCUT2D eigenvalue weighted by molar-refractivity contribution is -0.132. The first kappa shape index (κ1) is 25.0. The molecule has 0 unspecified atom stereocenters. The van der Waals surface area contributed by atoms with Crippen molar-refractivity contribution in [3.8, 4) is 0 Å². The summed E-state index contributed by atoms with van der Waals surface area (Å²) in [4.78, 5) is 22.0. The minimum atomic E-state index is -0.230. The Labute approximate surface area is 211 Å². The van der Waals surface area contributed by atoms with E-state index in [0.717, 1.165) is 42.3 Å². The minimum absolute atomic E-state index is 0. The van der Waals surface area contributed by atoms with Crippen molar-refractivity contribution in [2.24, 2.45) is 4.99 Å². The molecule has 1 aromatic heterocycles. The van der Waals surface area contributed by atoms with Crippen LogP contribution in [0.5, 0.6) is 0 Å². The van der Waals surface area contributed by atoms with Gasteiger partial charge in [0.05, 0.1) is 0 Å². The average molecular weight is 563 g/mol. The Morgan fingerprint density at radius 2 is 1.94 bits per heavy atom. The third-order valence-corrected chi connectivity index (χ3v) is 5.98. The predicted molar refractivity (Wildman–Crippen MR) is 142 cm³/mol. The van der Waals surface area contributed by atoms with Crippen LogP contribution in [0.1, 0.15) is 29.5 Å². The normalized spacial score (nSPS) is 13.4. The summed E-state index contributed by atoms with van der Waals surface area (Å²) in [6.07, 6.45) is 4.87. The van der Waals surface area contributed by atoms with E-state index in [4.69, 9.17) is 0 Å². The number of fused-ring (bicyclic) bond motifs is 2. The van der Waals surface area contributed by atoms with Crippen LogP contribution in [-0.2, 0) is 24.2 Å². The molecule has 6 nitrogen and oxygen atoms in total. The maximum atomic E-state index is 13.5. The van der Waals surface area contributed by atoms with Gasteiger partial charge in [-0.25, -0.2) is 4.39 Å². The van der Waals surface area contributed by atoms with Crippen LogP contribution >= 0.6 is 24.0 Å². The largest absolute Gasteiger partial charge is 0.361 e. The maximum Gasteiger partial charge on any atom is 0.222 e. The molecule has 0 saturated carbocycles. The number of hydrogen-bond acceptors (Lipinski definition) is 2. The third-order valence-electron chi connectivity index (χ3n) is 5.98. The van der Waals surface area contributed by atoms with E-state index in [0.29, 0.717) is 32.0 Å². The van der Waals surface area contributed by atoms with Gasteiger partial charge in [0.15, 0.2) is 5.96 Å². The molecule has 176 valence electrons. The molecular weight excluding hydrogens is 532 g/mol. The molecular formula is C25H31FIN5O. The van der Waals surface area contributed by atoms with Gasteiger partial charge in [-0.05, 0) is 54.2 Å². The van der Waals surface area contributed by atoms with Crippen molar-refractivity contribution in [2.45, 2.75) is 32.2 Å². The van der Waals surface area contributed by atoms with Crippen molar-refractivity contribution in [2.75, 3.05) is 26.7 Å². The van der Waals surface area contributed by atoms with Gasteiger partial charge in [-0.2, -0.15) is 0 Å². The molecule has 1 amide bonds.